The Morgan fingerprint density at radius 1 is 1.50 bits per heavy atom. The fourth-order valence-electron chi connectivity index (χ4n) is 0.860. The van der Waals surface area contributed by atoms with Gasteiger partial charge in [0.1, 0.15) is 0 Å². The molecular formula is C10H12ClN. The van der Waals surface area contributed by atoms with Crippen LogP contribution in [-0.4, -0.2) is 10.9 Å². The zero-order valence-electron chi connectivity index (χ0n) is 7.13. The summed E-state index contributed by atoms with van der Waals surface area (Å²) in [6.45, 7) is 1.98. The molecule has 0 aromatic carbocycles. The Labute approximate surface area is 78.1 Å². The summed E-state index contributed by atoms with van der Waals surface area (Å²) in [6.07, 6.45) is 6.86. The number of aryl methyl sites for hydroxylation is 1. The van der Waals surface area contributed by atoms with Crippen LogP contribution in [0, 0.1) is 6.92 Å². The Morgan fingerprint density at radius 2 is 2.33 bits per heavy atom. The molecule has 0 aliphatic carbocycles. The minimum atomic E-state index is 0.676. The van der Waals surface area contributed by atoms with Crippen LogP contribution in [0.1, 0.15) is 17.7 Å². The maximum atomic E-state index is 5.53. The van der Waals surface area contributed by atoms with Gasteiger partial charge in [0.2, 0.25) is 0 Å². The zero-order chi connectivity index (χ0) is 8.81. The predicted molar refractivity (Wildman–Crippen MR) is 53.3 cm³/mol. The van der Waals surface area contributed by atoms with Gasteiger partial charge in [0.15, 0.2) is 0 Å². The minimum absolute atomic E-state index is 0.676. The SMILES string of the molecule is Cc1ccc(/C=C/CCCl)cn1. The topological polar surface area (TPSA) is 12.9 Å². The second-order valence-corrected chi connectivity index (χ2v) is 2.99. The van der Waals surface area contributed by atoms with E-state index in [9.17, 15) is 0 Å². The molecule has 0 aliphatic heterocycles. The highest BCUT2D eigenvalue weighted by Crippen LogP contribution is 2.02. The van der Waals surface area contributed by atoms with Crippen LogP contribution in [0.15, 0.2) is 24.4 Å². The van der Waals surface area contributed by atoms with E-state index in [2.05, 4.69) is 11.1 Å². The maximum Gasteiger partial charge on any atom is 0.0373 e. The molecule has 0 unspecified atom stereocenters. The number of rotatable bonds is 3. The second-order valence-electron chi connectivity index (χ2n) is 2.61. The fourth-order valence-corrected chi connectivity index (χ4v) is 0.986. The van der Waals surface area contributed by atoms with E-state index in [1.807, 2.05) is 31.3 Å². The van der Waals surface area contributed by atoms with Gasteiger partial charge in [0.05, 0.1) is 0 Å². The van der Waals surface area contributed by atoms with Gasteiger partial charge < -0.3 is 0 Å². The lowest BCUT2D eigenvalue weighted by Crippen LogP contribution is -1.79. The van der Waals surface area contributed by atoms with Gasteiger partial charge in [-0.3, -0.25) is 4.98 Å². The van der Waals surface area contributed by atoms with Crippen molar-refractivity contribution in [2.45, 2.75) is 13.3 Å². The first-order valence-corrected chi connectivity index (χ1v) is 4.51. The van der Waals surface area contributed by atoms with Crippen molar-refractivity contribution in [2.75, 3.05) is 5.88 Å². The normalized spacial score (nSPS) is 10.8. The number of nitrogens with zero attached hydrogens (tertiary/aromatic N) is 1. The molecule has 2 heteroatoms. The molecule has 1 aromatic heterocycles. The molecule has 0 fully saturated rings. The van der Waals surface area contributed by atoms with Crippen LogP contribution >= 0.6 is 11.6 Å². The maximum absolute atomic E-state index is 5.53. The lowest BCUT2D eigenvalue weighted by molar-refractivity contribution is 1.19. The summed E-state index contributed by atoms with van der Waals surface area (Å²) in [5.41, 5.74) is 2.18. The molecule has 0 saturated carbocycles. The van der Waals surface area contributed by atoms with Crippen LogP contribution in [0.3, 0.4) is 0 Å². The van der Waals surface area contributed by atoms with Crippen molar-refractivity contribution in [3.8, 4) is 0 Å². The number of pyridine rings is 1. The van der Waals surface area contributed by atoms with Crippen LogP contribution < -0.4 is 0 Å². The highest BCUT2D eigenvalue weighted by Gasteiger charge is 1.86. The van der Waals surface area contributed by atoms with Crippen LogP contribution in [0.2, 0.25) is 0 Å². The fraction of sp³-hybridized carbons (Fsp3) is 0.300. The van der Waals surface area contributed by atoms with E-state index in [0.717, 1.165) is 17.7 Å². The van der Waals surface area contributed by atoms with Crippen LogP contribution in [0.4, 0.5) is 0 Å². The third kappa shape index (κ3) is 3.05. The molecule has 1 aromatic rings. The summed E-state index contributed by atoms with van der Waals surface area (Å²) in [5, 5.41) is 0. The Bertz CT molecular complexity index is 251. The van der Waals surface area contributed by atoms with Crippen molar-refractivity contribution in [2.24, 2.45) is 0 Å². The summed E-state index contributed by atoms with van der Waals surface area (Å²) in [6, 6.07) is 4.05. The molecular weight excluding hydrogens is 170 g/mol. The average molecular weight is 182 g/mol. The third-order valence-electron chi connectivity index (χ3n) is 1.52. The molecule has 1 nitrogen and oxygen atoms in total. The predicted octanol–water partition coefficient (Wildman–Crippen LogP) is 3.03. The van der Waals surface area contributed by atoms with Gasteiger partial charge in [-0.1, -0.05) is 18.2 Å². The lowest BCUT2D eigenvalue weighted by atomic mass is 10.2. The van der Waals surface area contributed by atoms with E-state index in [4.69, 9.17) is 11.6 Å². The average Bonchev–Trinajstić information content (AvgIpc) is 2.09. The molecule has 0 bridgehead atoms. The molecule has 0 radical (unpaired) electrons. The Kier molecular flexibility index (Phi) is 3.81. The minimum Gasteiger partial charge on any atom is -0.261 e. The molecule has 0 N–H and O–H groups in total. The van der Waals surface area contributed by atoms with Gasteiger partial charge in [0.25, 0.3) is 0 Å². The van der Waals surface area contributed by atoms with Crippen molar-refractivity contribution in [3.63, 3.8) is 0 Å². The van der Waals surface area contributed by atoms with Crippen molar-refractivity contribution in [1.29, 1.82) is 0 Å². The summed E-state index contributed by atoms with van der Waals surface area (Å²) in [4.78, 5) is 4.17. The van der Waals surface area contributed by atoms with E-state index in [0.29, 0.717) is 5.88 Å². The van der Waals surface area contributed by atoms with Crippen molar-refractivity contribution < 1.29 is 0 Å². The molecule has 1 rings (SSSR count). The van der Waals surface area contributed by atoms with Gasteiger partial charge in [-0.15, -0.1) is 11.6 Å². The first kappa shape index (κ1) is 9.27. The summed E-state index contributed by atoms with van der Waals surface area (Å²) in [7, 11) is 0. The van der Waals surface area contributed by atoms with Gasteiger partial charge >= 0.3 is 0 Å². The Balaban J connectivity index is 2.58. The van der Waals surface area contributed by atoms with Crippen LogP contribution in [0.5, 0.6) is 0 Å². The zero-order valence-corrected chi connectivity index (χ0v) is 7.88. The standard InChI is InChI=1S/C10H12ClN/c1-9-5-6-10(8-12-9)4-2-3-7-11/h2,4-6,8H,3,7H2,1H3/b4-2+. The summed E-state index contributed by atoms with van der Waals surface area (Å²) in [5.74, 6) is 0.676. The van der Waals surface area contributed by atoms with E-state index < -0.39 is 0 Å². The largest absolute Gasteiger partial charge is 0.261 e. The molecule has 0 aliphatic rings. The highest BCUT2D eigenvalue weighted by atomic mass is 35.5. The molecule has 1 heterocycles. The van der Waals surface area contributed by atoms with Crippen molar-refractivity contribution in [1.82, 2.24) is 4.98 Å². The number of allylic oxidation sites excluding steroid dienone is 1. The molecule has 0 spiro atoms. The molecule has 0 saturated heterocycles. The Hall–Kier alpha value is -0.820. The summed E-state index contributed by atoms with van der Waals surface area (Å²) < 4.78 is 0. The van der Waals surface area contributed by atoms with Crippen LogP contribution in [-0.2, 0) is 0 Å². The number of halogens is 1. The highest BCUT2D eigenvalue weighted by molar-refractivity contribution is 6.17. The molecule has 64 valence electrons. The third-order valence-corrected chi connectivity index (χ3v) is 1.74. The van der Waals surface area contributed by atoms with E-state index in [1.54, 1.807) is 0 Å². The molecule has 0 atom stereocenters. The van der Waals surface area contributed by atoms with Crippen molar-refractivity contribution >= 4 is 17.7 Å². The van der Waals surface area contributed by atoms with Gasteiger partial charge in [-0.05, 0) is 25.0 Å². The first-order valence-electron chi connectivity index (χ1n) is 3.98. The number of hydrogen-bond acceptors (Lipinski definition) is 1. The van der Waals surface area contributed by atoms with Crippen LogP contribution in [0.25, 0.3) is 6.08 Å². The molecule has 12 heavy (non-hydrogen) atoms. The van der Waals surface area contributed by atoms with Gasteiger partial charge in [-0.25, -0.2) is 0 Å². The van der Waals surface area contributed by atoms with E-state index in [1.165, 1.54) is 0 Å². The van der Waals surface area contributed by atoms with E-state index >= 15 is 0 Å². The number of hydrogen-bond donors (Lipinski definition) is 0. The lowest BCUT2D eigenvalue weighted by Gasteiger charge is -1.92. The number of aromatic nitrogens is 1. The quantitative estimate of drug-likeness (QED) is 0.654. The van der Waals surface area contributed by atoms with Gasteiger partial charge in [-0.2, -0.15) is 0 Å². The number of alkyl halides is 1. The van der Waals surface area contributed by atoms with Gasteiger partial charge in [0, 0.05) is 17.8 Å². The monoisotopic (exact) mass is 181 g/mol. The second kappa shape index (κ2) is 4.94. The molecule has 0 amide bonds. The first-order chi connectivity index (χ1) is 5.83. The summed E-state index contributed by atoms with van der Waals surface area (Å²) >= 11 is 5.53. The van der Waals surface area contributed by atoms with E-state index in [-0.39, 0.29) is 0 Å². The van der Waals surface area contributed by atoms with Crippen molar-refractivity contribution in [3.05, 3.63) is 35.7 Å². The Morgan fingerprint density at radius 3 is 2.92 bits per heavy atom. The smallest absolute Gasteiger partial charge is 0.0373 e.